The van der Waals surface area contributed by atoms with Crippen molar-refractivity contribution in [3.63, 3.8) is 0 Å². The van der Waals surface area contributed by atoms with E-state index < -0.39 is 0 Å². The maximum absolute atomic E-state index is 12.9. The molecule has 1 amide bonds. The number of rotatable bonds is 4. The maximum Gasteiger partial charge on any atom is 0.254 e. The Morgan fingerprint density at radius 2 is 2.03 bits per heavy atom. The number of fused-ring (bicyclic) bond motifs is 2. The van der Waals surface area contributed by atoms with Crippen molar-refractivity contribution in [3.8, 4) is 0 Å². The van der Waals surface area contributed by atoms with E-state index in [4.69, 9.17) is 0 Å². The lowest BCUT2D eigenvalue weighted by molar-refractivity contribution is 0.0966. The van der Waals surface area contributed by atoms with Crippen LogP contribution in [0.25, 0.3) is 0 Å². The number of nitrogens with zero attached hydrogens (tertiary/aromatic N) is 5. The molecule has 6 rings (SSSR count). The molecule has 0 bridgehead atoms. The molecule has 0 aliphatic carbocycles. The number of aliphatic hydroxyl groups excluding tert-OH is 1. The summed E-state index contributed by atoms with van der Waals surface area (Å²) >= 11 is 0. The van der Waals surface area contributed by atoms with E-state index in [1.807, 2.05) is 43.9 Å². The van der Waals surface area contributed by atoms with Crippen LogP contribution in [0.15, 0.2) is 52.8 Å². The van der Waals surface area contributed by atoms with Crippen LogP contribution in [-0.4, -0.2) is 59.3 Å². The normalized spacial score (nSPS) is 25.4. The molecule has 9 heteroatoms. The highest BCUT2D eigenvalue weighted by Crippen LogP contribution is 2.46. The van der Waals surface area contributed by atoms with Crippen molar-refractivity contribution < 1.29 is 9.90 Å². The van der Waals surface area contributed by atoms with Crippen molar-refractivity contribution in [2.75, 3.05) is 30.4 Å². The summed E-state index contributed by atoms with van der Waals surface area (Å²) in [6, 6.07) is 8.02. The summed E-state index contributed by atoms with van der Waals surface area (Å²) in [4.78, 5) is 24.3. The summed E-state index contributed by atoms with van der Waals surface area (Å²) in [5.74, 6) is 1.39. The molecular weight excluding hydrogens is 442 g/mol. The summed E-state index contributed by atoms with van der Waals surface area (Å²) in [7, 11) is 1.89. The number of anilines is 3. The van der Waals surface area contributed by atoms with Crippen molar-refractivity contribution >= 4 is 35.2 Å². The number of aromatic nitrogens is 1. The largest absolute Gasteiger partial charge is 0.393 e. The van der Waals surface area contributed by atoms with Crippen LogP contribution in [0.2, 0.25) is 0 Å². The number of nitrogens with one attached hydrogen (secondary N) is 2. The number of carbonyl (C=O) groups is 1. The summed E-state index contributed by atoms with van der Waals surface area (Å²) in [6.07, 6.45) is 9.25. The molecule has 35 heavy (non-hydrogen) atoms. The number of hydrogen-bond donors (Lipinski definition) is 3. The first-order chi connectivity index (χ1) is 16.9. The van der Waals surface area contributed by atoms with E-state index >= 15 is 0 Å². The Balaban J connectivity index is 1.27. The van der Waals surface area contributed by atoms with Gasteiger partial charge in [-0.2, -0.15) is 5.10 Å². The SMILES string of the molecule is CN1C=CC2(C)C(=N1)N=CC2c1ccc(Nc2ccc(N3CCC(O)CC3)cn2)c2c1CNC2=O. The molecule has 0 saturated carbocycles. The zero-order chi connectivity index (χ0) is 24.2. The highest BCUT2D eigenvalue weighted by Gasteiger charge is 2.45. The van der Waals surface area contributed by atoms with Crippen LogP contribution < -0.4 is 15.5 Å². The van der Waals surface area contributed by atoms with Crippen LogP contribution in [0.5, 0.6) is 0 Å². The van der Waals surface area contributed by atoms with Gasteiger partial charge in [-0.3, -0.25) is 9.80 Å². The molecule has 9 nitrogen and oxygen atoms in total. The van der Waals surface area contributed by atoms with Gasteiger partial charge in [0.05, 0.1) is 34.7 Å². The van der Waals surface area contributed by atoms with Crippen LogP contribution in [0, 0.1) is 5.41 Å². The first kappa shape index (κ1) is 21.8. The molecule has 0 radical (unpaired) electrons. The van der Waals surface area contributed by atoms with E-state index in [1.165, 1.54) is 0 Å². The predicted molar refractivity (Wildman–Crippen MR) is 136 cm³/mol. The third kappa shape index (κ3) is 3.67. The molecule has 1 saturated heterocycles. The first-order valence-electron chi connectivity index (χ1n) is 12.1. The molecule has 1 aromatic heterocycles. The van der Waals surface area contributed by atoms with E-state index in [-0.39, 0.29) is 23.3 Å². The predicted octanol–water partition coefficient (Wildman–Crippen LogP) is 2.98. The molecule has 0 spiro atoms. The highest BCUT2D eigenvalue weighted by atomic mass is 16.3. The van der Waals surface area contributed by atoms with E-state index in [1.54, 1.807) is 5.01 Å². The van der Waals surface area contributed by atoms with E-state index in [0.29, 0.717) is 17.9 Å². The first-order valence-corrected chi connectivity index (χ1v) is 12.1. The van der Waals surface area contributed by atoms with Gasteiger partial charge in [0, 0.05) is 45.0 Å². The van der Waals surface area contributed by atoms with Gasteiger partial charge < -0.3 is 20.6 Å². The van der Waals surface area contributed by atoms with Gasteiger partial charge in [0.1, 0.15) is 5.82 Å². The molecule has 1 aromatic carbocycles. The zero-order valence-corrected chi connectivity index (χ0v) is 19.9. The zero-order valence-electron chi connectivity index (χ0n) is 19.9. The molecule has 4 aliphatic heterocycles. The number of amides is 1. The third-order valence-corrected chi connectivity index (χ3v) is 7.54. The molecular formula is C26H29N7O2. The Hall–Kier alpha value is -3.72. The van der Waals surface area contributed by atoms with Crippen LogP contribution >= 0.6 is 0 Å². The quantitative estimate of drug-likeness (QED) is 0.633. The molecule has 1 fully saturated rings. The average molecular weight is 472 g/mol. The molecule has 3 N–H and O–H groups in total. The molecule has 2 aromatic rings. The minimum Gasteiger partial charge on any atom is -0.393 e. The number of aliphatic hydroxyl groups is 1. The van der Waals surface area contributed by atoms with E-state index in [0.717, 1.165) is 54.3 Å². The minimum absolute atomic E-state index is 0.00201. The standard InChI is InChI=1S/C26H29N7O2/c1-26-9-12-32(2)31-25(26)29-15-20(26)18-4-5-21(23-19(18)14-28-24(23)35)30-22-6-3-16(13-27-22)33-10-7-17(34)8-11-33/h3-6,9,12-13,15,17,20,34H,7-8,10-11,14H2,1-2H3,(H,27,30)(H,28,35). The van der Waals surface area contributed by atoms with Crippen LogP contribution in [0.4, 0.5) is 17.2 Å². The molecule has 4 aliphatic rings. The fourth-order valence-electron chi connectivity index (χ4n) is 5.41. The fourth-order valence-corrected chi connectivity index (χ4v) is 5.41. The Labute approximate surface area is 204 Å². The monoisotopic (exact) mass is 471 g/mol. The van der Waals surface area contributed by atoms with E-state index in [2.05, 4.69) is 49.7 Å². The number of amidine groups is 1. The molecule has 180 valence electrons. The molecule has 2 unspecified atom stereocenters. The number of hydrazone groups is 1. The van der Waals surface area contributed by atoms with Crippen LogP contribution in [0.1, 0.15) is 47.2 Å². The number of carbonyl (C=O) groups excluding carboxylic acids is 1. The second-order valence-electron chi connectivity index (χ2n) is 9.83. The van der Waals surface area contributed by atoms with Gasteiger partial charge in [-0.1, -0.05) is 12.1 Å². The Bertz CT molecular complexity index is 1260. The Morgan fingerprint density at radius 3 is 2.80 bits per heavy atom. The van der Waals surface area contributed by atoms with Crippen molar-refractivity contribution in [2.24, 2.45) is 15.5 Å². The number of benzene rings is 1. The number of pyridine rings is 1. The lowest BCUT2D eigenvalue weighted by Crippen LogP contribution is -2.35. The van der Waals surface area contributed by atoms with Crippen molar-refractivity contribution in [2.45, 2.75) is 38.3 Å². The maximum atomic E-state index is 12.9. The second kappa shape index (κ2) is 8.20. The van der Waals surface area contributed by atoms with Crippen LogP contribution in [-0.2, 0) is 6.54 Å². The van der Waals surface area contributed by atoms with E-state index in [9.17, 15) is 9.90 Å². The van der Waals surface area contributed by atoms with Crippen molar-refractivity contribution in [1.82, 2.24) is 15.3 Å². The fraction of sp³-hybridized carbons (Fsp3) is 0.385. The topological polar surface area (TPSA) is 105 Å². The van der Waals surface area contributed by atoms with Gasteiger partial charge in [-0.05, 0) is 49.1 Å². The van der Waals surface area contributed by atoms with Gasteiger partial charge >= 0.3 is 0 Å². The second-order valence-corrected chi connectivity index (χ2v) is 9.83. The number of aliphatic imine (C=N–C) groups is 1. The Kier molecular flexibility index (Phi) is 5.10. The van der Waals surface area contributed by atoms with Gasteiger partial charge in [0.15, 0.2) is 5.84 Å². The van der Waals surface area contributed by atoms with Gasteiger partial charge in [0.25, 0.3) is 5.91 Å². The van der Waals surface area contributed by atoms with Gasteiger partial charge in [0.2, 0.25) is 0 Å². The molecule has 5 heterocycles. The summed E-state index contributed by atoms with van der Waals surface area (Å²) < 4.78 is 0. The highest BCUT2D eigenvalue weighted by molar-refractivity contribution is 6.07. The van der Waals surface area contributed by atoms with Gasteiger partial charge in [-0.15, -0.1) is 0 Å². The number of piperidine rings is 1. The van der Waals surface area contributed by atoms with Crippen molar-refractivity contribution in [1.29, 1.82) is 0 Å². The van der Waals surface area contributed by atoms with Crippen molar-refractivity contribution in [3.05, 3.63) is 59.4 Å². The number of hydrogen-bond acceptors (Lipinski definition) is 8. The molecule has 2 atom stereocenters. The average Bonchev–Trinajstić information content (AvgIpc) is 3.41. The lowest BCUT2D eigenvalue weighted by atomic mass is 9.73. The Morgan fingerprint density at radius 1 is 1.20 bits per heavy atom. The van der Waals surface area contributed by atoms with Gasteiger partial charge in [-0.25, -0.2) is 9.98 Å². The third-order valence-electron chi connectivity index (χ3n) is 7.54. The lowest BCUT2D eigenvalue weighted by Gasteiger charge is -2.32. The smallest absolute Gasteiger partial charge is 0.254 e. The minimum atomic E-state index is -0.344. The summed E-state index contributed by atoms with van der Waals surface area (Å²) in [5, 5.41) is 22.4. The van der Waals surface area contributed by atoms with Crippen LogP contribution in [0.3, 0.4) is 0 Å². The summed E-state index contributed by atoms with van der Waals surface area (Å²) in [6.45, 7) is 4.28. The summed E-state index contributed by atoms with van der Waals surface area (Å²) in [5.41, 5.74) is 4.19.